The Hall–Kier alpha value is -1.88. The zero-order chi connectivity index (χ0) is 15.4. The lowest BCUT2D eigenvalue weighted by Gasteiger charge is -2.30. The van der Waals surface area contributed by atoms with Crippen molar-refractivity contribution < 1.29 is 19.4 Å². The van der Waals surface area contributed by atoms with Crippen LogP contribution in [0.2, 0.25) is 0 Å². The van der Waals surface area contributed by atoms with E-state index < -0.39 is 5.97 Å². The van der Waals surface area contributed by atoms with Gasteiger partial charge in [-0.05, 0) is 51.1 Å². The zero-order valence-electron chi connectivity index (χ0n) is 12.5. The second-order valence-corrected chi connectivity index (χ2v) is 5.47. The van der Waals surface area contributed by atoms with Crippen LogP contribution in [0.25, 0.3) is 0 Å². The molecule has 5 nitrogen and oxygen atoms in total. The number of Topliss-reactive ketones (excluding diaryl/α,β-unsaturated/α-hetero) is 1. The molecule has 1 N–H and O–H groups in total. The molecule has 0 saturated carbocycles. The fourth-order valence-corrected chi connectivity index (χ4v) is 2.70. The molecule has 0 amide bonds. The van der Waals surface area contributed by atoms with Gasteiger partial charge >= 0.3 is 5.97 Å². The molecule has 2 rings (SSSR count). The van der Waals surface area contributed by atoms with Gasteiger partial charge in [-0.15, -0.1) is 0 Å². The van der Waals surface area contributed by atoms with Crippen molar-refractivity contribution in [2.75, 3.05) is 20.2 Å². The van der Waals surface area contributed by atoms with E-state index in [1.807, 2.05) is 12.1 Å². The highest BCUT2D eigenvalue weighted by molar-refractivity contribution is 5.94. The zero-order valence-corrected chi connectivity index (χ0v) is 12.5. The highest BCUT2D eigenvalue weighted by Crippen LogP contribution is 2.25. The quantitative estimate of drug-likeness (QED) is 0.842. The third kappa shape index (κ3) is 3.82. The molecule has 1 aromatic rings. The molecule has 1 aliphatic heterocycles. The Morgan fingerprint density at radius 1 is 1.33 bits per heavy atom. The number of carboxylic acid groups (broad SMARTS) is 1. The number of methoxy groups -OCH3 is 1. The van der Waals surface area contributed by atoms with Crippen LogP contribution in [-0.2, 0) is 11.3 Å². The van der Waals surface area contributed by atoms with E-state index in [9.17, 15) is 9.59 Å². The molecule has 0 aliphatic carbocycles. The smallest absolute Gasteiger partial charge is 0.306 e. The summed E-state index contributed by atoms with van der Waals surface area (Å²) in [4.78, 5) is 24.7. The maximum Gasteiger partial charge on any atom is 0.306 e. The predicted octanol–water partition coefficient (Wildman–Crippen LogP) is 2.19. The molecule has 1 saturated heterocycles. The minimum Gasteiger partial charge on any atom is -0.496 e. The van der Waals surface area contributed by atoms with Gasteiger partial charge in [-0.2, -0.15) is 0 Å². The number of benzene rings is 1. The topological polar surface area (TPSA) is 66.8 Å². The minimum atomic E-state index is -0.703. The highest BCUT2D eigenvalue weighted by atomic mass is 16.5. The molecule has 0 radical (unpaired) electrons. The van der Waals surface area contributed by atoms with Gasteiger partial charge in [0.25, 0.3) is 0 Å². The number of hydrogen-bond acceptors (Lipinski definition) is 4. The van der Waals surface area contributed by atoms with Crippen molar-refractivity contribution in [3.8, 4) is 5.75 Å². The molecule has 0 aromatic heterocycles. The minimum absolute atomic E-state index is 0.0310. The van der Waals surface area contributed by atoms with Crippen LogP contribution in [0.4, 0.5) is 0 Å². The standard InChI is InChI=1S/C16H21NO4/c1-11(18)13-3-4-15(21-2)14(9-13)10-17-7-5-12(6-8-17)16(19)20/h3-4,9,12H,5-8,10H2,1-2H3,(H,19,20). The molecule has 1 aliphatic rings. The van der Waals surface area contributed by atoms with Crippen LogP contribution in [0.15, 0.2) is 18.2 Å². The maximum atomic E-state index is 11.5. The first-order valence-electron chi connectivity index (χ1n) is 7.14. The number of carboxylic acids is 1. The monoisotopic (exact) mass is 291 g/mol. The summed E-state index contributed by atoms with van der Waals surface area (Å²) in [6, 6.07) is 5.45. The molecule has 1 aromatic carbocycles. The van der Waals surface area contributed by atoms with E-state index in [4.69, 9.17) is 9.84 Å². The summed E-state index contributed by atoms with van der Waals surface area (Å²) in [7, 11) is 1.61. The lowest BCUT2D eigenvalue weighted by Crippen LogP contribution is -2.35. The number of piperidine rings is 1. The average Bonchev–Trinajstić information content (AvgIpc) is 2.47. The van der Waals surface area contributed by atoms with Crippen LogP contribution < -0.4 is 4.74 Å². The van der Waals surface area contributed by atoms with E-state index in [0.717, 1.165) is 24.4 Å². The van der Waals surface area contributed by atoms with E-state index >= 15 is 0 Å². The van der Waals surface area contributed by atoms with Gasteiger partial charge in [-0.3, -0.25) is 14.5 Å². The van der Waals surface area contributed by atoms with E-state index in [0.29, 0.717) is 24.9 Å². The Bertz CT molecular complexity index is 533. The first-order valence-corrected chi connectivity index (χ1v) is 7.14. The van der Waals surface area contributed by atoms with Gasteiger partial charge in [0.15, 0.2) is 5.78 Å². The lowest BCUT2D eigenvalue weighted by molar-refractivity contribution is -0.143. The van der Waals surface area contributed by atoms with E-state index in [2.05, 4.69) is 4.90 Å². The number of likely N-dealkylation sites (tertiary alicyclic amines) is 1. The van der Waals surface area contributed by atoms with Crippen molar-refractivity contribution >= 4 is 11.8 Å². The van der Waals surface area contributed by atoms with Crippen molar-refractivity contribution in [1.29, 1.82) is 0 Å². The molecule has 0 spiro atoms. The molecular weight excluding hydrogens is 270 g/mol. The SMILES string of the molecule is COc1ccc(C(C)=O)cc1CN1CCC(C(=O)O)CC1. The number of carbonyl (C=O) groups is 2. The number of rotatable bonds is 5. The number of ketones is 1. The van der Waals surface area contributed by atoms with Crippen molar-refractivity contribution in [3.63, 3.8) is 0 Å². The number of carbonyl (C=O) groups excluding carboxylic acids is 1. The fraction of sp³-hybridized carbons (Fsp3) is 0.500. The summed E-state index contributed by atoms with van der Waals surface area (Å²) in [5.41, 5.74) is 1.64. The van der Waals surface area contributed by atoms with Crippen molar-refractivity contribution in [2.24, 2.45) is 5.92 Å². The highest BCUT2D eigenvalue weighted by Gasteiger charge is 2.25. The molecule has 1 fully saturated rings. The van der Waals surface area contributed by atoms with Crippen LogP contribution in [0.1, 0.15) is 35.7 Å². The van der Waals surface area contributed by atoms with Crippen LogP contribution >= 0.6 is 0 Å². The van der Waals surface area contributed by atoms with Gasteiger partial charge < -0.3 is 9.84 Å². The number of nitrogens with zero attached hydrogens (tertiary/aromatic N) is 1. The van der Waals surface area contributed by atoms with Crippen LogP contribution in [0.5, 0.6) is 5.75 Å². The average molecular weight is 291 g/mol. The normalized spacial score (nSPS) is 16.7. The van der Waals surface area contributed by atoms with Gasteiger partial charge in [-0.25, -0.2) is 0 Å². The van der Waals surface area contributed by atoms with Gasteiger partial charge in [0.1, 0.15) is 5.75 Å². The van der Waals surface area contributed by atoms with E-state index in [1.54, 1.807) is 20.1 Å². The first-order chi connectivity index (χ1) is 10.0. The summed E-state index contributed by atoms with van der Waals surface area (Å²) in [5, 5.41) is 9.02. The first kappa shape index (κ1) is 15.5. The van der Waals surface area contributed by atoms with Crippen LogP contribution in [-0.4, -0.2) is 42.0 Å². The summed E-state index contributed by atoms with van der Waals surface area (Å²) in [6.45, 7) is 3.73. The summed E-state index contributed by atoms with van der Waals surface area (Å²) in [5.74, 6) is -0.138. The Balaban J connectivity index is 2.07. The third-order valence-corrected chi connectivity index (χ3v) is 4.02. The fourth-order valence-electron chi connectivity index (χ4n) is 2.70. The Kier molecular flexibility index (Phi) is 4.96. The van der Waals surface area contributed by atoms with Gasteiger partial charge in [0, 0.05) is 17.7 Å². The summed E-state index contributed by atoms with van der Waals surface area (Å²) >= 11 is 0. The van der Waals surface area contributed by atoms with Gasteiger partial charge in [-0.1, -0.05) is 0 Å². The molecule has 114 valence electrons. The Labute approximate surface area is 124 Å². The van der Waals surface area contributed by atoms with E-state index in [-0.39, 0.29) is 11.7 Å². The molecule has 0 atom stereocenters. The lowest BCUT2D eigenvalue weighted by atomic mass is 9.96. The molecular formula is C16H21NO4. The van der Waals surface area contributed by atoms with Crippen molar-refractivity contribution in [3.05, 3.63) is 29.3 Å². The van der Waals surface area contributed by atoms with Crippen LogP contribution in [0.3, 0.4) is 0 Å². The summed E-state index contributed by atoms with van der Waals surface area (Å²) in [6.07, 6.45) is 1.34. The Morgan fingerprint density at radius 3 is 2.52 bits per heavy atom. The van der Waals surface area contributed by atoms with Gasteiger partial charge in [0.05, 0.1) is 13.0 Å². The predicted molar refractivity (Wildman–Crippen MR) is 78.6 cm³/mol. The molecule has 21 heavy (non-hydrogen) atoms. The van der Waals surface area contributed by atoms with E-state index in [1.165, 1.54) is 0 Å². The molecule has 0 bridgehead atoms. The van der Waals surface area contributed by atoms with Crippen molar-refractivity contribution in [2.45, 2.75) is 26.3 Å². The molecule has 1 heterocycles. The Morgan fingerprint density at radius 2 is 2.00 bits per heavy atom. The number of ether oxygens (including phenoxy) is 1. The van der Waals surface area contributed by atoms with Gasteiger partial charge in [0.2, 0.25) is 0 Å². The molecule has 5 heteroatoms. The second-order valence-electron chi connectivity index (χ2n) is 5.47. The third-order valence-electron chi connectivity index (χ3n) is 4.02. The summed E-state index contributed by atoms with van der Waals surface area (Å²) < 4.78 is 5.35. The molecule has 0 unspecified atom stereocenters. The number of hydrogen-bond donors (Lipinski definition) is 1. The largest absolute Gasteiger partial charge is 0.496 e. The van der Waals surface area contributed by atoms with Crippen LogP contribution in [0, 0.1) is 5.92 Å². The number of aliphatic carboxylic acids is 1. The van der Waals surface area contributed by atoms with Crippen molar-refractivity contribution in [1.82, 2.24) is 4.90 Å². The maximum absolute atomic E-state index is 11.5. The second kappa shape index (κ2) is 6.72.